The fraction of sp³-hybridized carbons (Fsp3) is 0.125. The van der Waals surface area contributed by atoms with Crippen molar-refractivity contribution in [2.75, 3.05) is 0 Å². The van der Waals surface area contributed by atoms with Crippen LogP contribution in [0.5, 0.6) is 11.6 Å². The van der Waals surface area contributed by atoms with E-state index in [0.717, 1.165) is 16.5 Å². The van der Waals surface area contributed by atoms with Crippen LogP contribution >= 0.6 is 0 Å². The average molecular weight is 295 g/mol. The minimum atomic E-state index is -0.444. The first-order chi connectivity index (χ1) is 10.6. The van der Waals surface area contributed by atoms with Crippen molar-refractivity contribution in [3.8, 4) is 11.6 Å². The number of ether oxygens (including phenoxy) is 1. The molecule has 0 unspecified atom stereocenters. The molecule has 22 heavy (non-hydrogen) atoms. The van der Waals surface area contributed by atoms with Crippen molar-refractivity contribution in [3.63, 3.8) is 0 Å². The molecule has 0 saturated carbocycles. The minimum absolute atomic E-state index is 0.0529. The van der Waals surface area contributed by atoms with Gasteiger partial charge in [-0.1, -0.05) is 24.3 Å². The molecule has 0 atom stereocenters. The number of nitro benzene ring substituents is 1. The maximum absolute atomic E-state index is 11.3. The molecule has 0 aliphatic rings. The lowest BCUT2D eigenvalue weighted by molar-refractivity contribution is -0.386. The predicted molar refractivity (Wildman–Crippen MR) is 82.2 cm³/mol. The van der Waals surface area contributed by atoms with Crippen LogP contribution in [-0.4, -0.2) is 14.9 Å². The van der Waals surface area contributed by atoms with E-state index in [4.69, 9.17) is 4.74 Å². The molecular formula is C16H13N3O3. The van der Waals surface area contributed by atoms with E-state index < -0.39 is 4.92 Å². The Balaban J connectivity index is 2.16. The van der Waals surface area contributed by atoms with Crippen molar-refractivity contribution in [1.82, 2.24) is 9.97 Å². The van der Waals surface area contributed by atoms with Crippen molar-refractivity contribution >= 4 is 16.6 Å². The van der Waals surface area contributed by atoms with E-state index >= 15 is 0 Å². The molecular weight excluding hydrogens is 282 g/mol. The van der Waals surface area contributed by atoms with Gasteiger partial charge in [0.05, 0.1) is 15.8 Å². The van der Waals surface area contributed by atoms with E-state index in [-0.39, 0.29) is 11.4 Å². The Hall–Kier alpha value is -3.02. The third-order valence-electron chi connectivity index (χ3n) is 3.43. The fourth-order valence-corrected chi connectivity index (χ4v) is 2.38. The SMILES string of the molecule is Cc1cccc(Oc2ncnc3cccc(C)c23)c1[N+](=O)[O-]. The molecule has 1 heterocycles. The number of aromatic nitrogens is 2. The normalized spacial score (nSPS) is 10.6. The zero-order valence-electron chi connectivity index (χ0n) is 12.1. The van der Waals surface area contributed by atoms with Gasteiger partial charge < -0.3 is 4.74 Å². The van der Waals surface area contributed by atoms with Gasteiger partial charge in [-0.15, -0.1) is 0 Å². The summed E-state index contributed by atoms with van der Waals surface area (Å²) in [6, 6.07) is 10.6. The first kappa shape index (κ1) is 13.9. The van der Waals surface area contributed by atoms with E-state index in [9.17, 15) is 10.1 Å². The summed E-state index contributed by atoms with van der Waals surface area (Å²) in [5.41, 5.74) is 2.17. The smallest absolute Gasteiger partial charge is 0.314 e. The molecule has 6 nitrogen and oxygen atoms in total. The number of hydrogen-bond acceptors (Lipinski definition) is 5. The molecule has 0 N–H and O–H groups in total. The number of rotatable bonds is 3. The molecule has 0 saturated heterocycles. The molecule has 0 aliphatic carbocycles. The van der Waals surface area contributed by atoms with Gasteiger partial charge in [-0.2, -0.15) is 0 Å². The Labute approximate surface area is 126 Å². The summed E-state index contributed by atoms with van der Waals surface area (Å²) in [5, 5.41) is 12.0. The third-order valence-corrected chi connectivity index (χ3v) is 3.43. The first-order valence-electron chi connectivity index (χ1n) is 6.70. The van der Waals surface area contributed by atoms with Crippen LogP contribution in [0.25, 0.3) is 10.9 Å². The van der Waals surface area contributed by atoms with Gasteiger partial charge >= 0.3 is 5.69 Å². The maximum Gasteiger partial charge on any atom is 0.314 e. The summed E-state index contributed by atoms with van der Waals surface area (Å²) in [6.45, 7) is 3.59. The Morgan fingerprint density at radius 3 is 2.55 bits per heavy atom. The molecule has 1 aromatic heterocycles. The molecule has 0 fully saturated rings. The largest absolute Gasteiger partial charge is 0.431 e. The summed E-state index contributed by atoms with van der Waals surface area (Å²) >= 11 is 0. The highest BCUT2D eigenvalue weighted by molar-refractivity contribution is 5.86. The number of para-hydroxylation sites is 1. The van der Waals surface area contributed by atoms with Crippen LogP contribution in [0.1, 0.15) is 11.1 Å². The van der Waals surface area contributed by atoms with Gasteiger partial charge in [-0.25, -0.2) is 9.97 Å². The predicted octanol–water partition coefficient (Wildman–Crippen LogP) is 3.95. The second-order valence-corrected chi connectivity index (χ2v) is 4.93. The highest BCUT2D eigenvalue weighted by atomic mass is 16.6. The van der Waals surface area contributed by atoms with E-state index in [1.54, 1.807) is 25.1 Å². The quantitative estimate of drug-likeness (QED) is 0.540. The van der Waals surface area contributed by atoms with E-state index in [2.05, 4.69) is 9.97 Å². The zero-order valence-corrected chi connectivity index (χ0v) is 12.1. The lowest BCUT2D eigenvalue weighted by atomic mass is 10.1. The van der Waals surface area contributed by atoms with Crippen LogP contribution < -0.4 is 4.74 Å². The van der Waals surface area contributed by atoms with Crippen LogP contribution in [0.2, 0.25) is 0 Å². The number of nitro groups is 1. The molecule has 3 rings (SSSR count). The molecule has 0 amide bonds. The van der Waals surface area contributed by atoms with Gasteiger partial charge in [-0.05, 0) is 31.5 Å². The first-order valence-corrected chi connectivity index (χ1v) is 6.70. The summed E-state index contributed by atoms with van der Waals surface area (Å²) in [7, 11) is 0. The fourth-order valence-electron chi connectivity index (χ4n) is 2.38. The van der Waals surface area contributed by atoms with Crippen molar-refractivity contribution in [1.29, 1.82) is 0 Å². The van der Waals surface area contributed by atoms with Gasteiger partial charge in [0.15, 0.2) is 0 Å². The Bertz CT molecular complexity index is 872. The van der Waals surface area contributed by atoms with Crippen LogP contribution in [0.15, 0.2) is 42.7 Å². The lowest BCUT2D eigenvalue weighted by Crippen LogP contribution is -1.98. The number of fused-ring (bicyclic) bond motifs is 1. The molecule has 0 bridgehead atoms. The van der Waals surface area contributed by atoms with E-state index in [1.165, 1.54) is 6.33 Å². The van der Waals surface area contributed by atoms with E-state index in [1.807, 2.05) is 25.1 Å². The van der Waals surface area contributed by atoms with Crippen LogP contribution in [0, 0.1) is 24.0 Å². The van der Waals surface area contributed by atoms with E-state index in [0.29, 0.717) is 11.4 Å². The molecule has 0 spiro atoms. The van der Waals surface area contributed by atoms with Crippen molar-refractivity contribution in [2.45, 2.75) is 13.8 Å². The summed E-state index contributed by atoms with van der Waals surface area (Å²) in [4.78, 5) is 19.1. The number of hydrogen-bond donors (Lipinski definition) is 0. The second-order valence-electron chi connectivity index (χ2n) is 4.93. The Morgan fingerprint density at radius 2 is 1.77 bits per heavy atom. The summed E-state index contributed by atoms with van der Waals surface area (Å²) < 4.78 is 5.75. The molecule has 6 heteroatoms. The van der Waals surface area contributed by atoms with Gasteiger partial charge in [0, 0.05) is 5.56 Å². The van der Waals surface area contributed by atoms with Crippen LogP contribution in [-0.2, 0) is 0 Å². The average Bonchev–Trinajstić information content (AvgIpc) is 2.47. The van der Waals surface area contributed by atoms with Crippen molar-refractivity contribution in [3.05, 3.63) is 64.0 Å². The van der Waals surface area contributed by atoms with Crippen LogP contribution in [0.4, 0.5) is 5.69 Å². The molecule has 0 aliphatic heterocycles. The maximum atomic E-state index is 11.3. The molecule has 110 valence electrons. The number of nitrogens with zero attached hydrogens (tertiary/aromatic N) is 3. The van der Waals surface area contributed by atoms with Gasteiger partial charge in [0.1, 0.15) is 6.33 Å². The zero-order chi connectivity index (χ0) is 15.7. The standard InChI is InChI=1S/C16H13N3O3/c1-10-5-3-7-12-14(10)16(18-9-17-12)22-13-8-4-6-11(2)15(13)19(20)21/h3-9H,1-2H3. The Kier molecular flexibility index (Phi) is 3.42. The third kappa shape index (κ3) is 2.35. The molecule has 0 radical (unpaired) electrons. The van der Waals surface area contributed by atoms with Gasteiger partial charge in [-0.3, -0.25) is 10.1 Å². The van der Waals surface area contributed by atoms with Crippen molar-refractivity contribution in [2.24, 2.45) is 0 Å². The summed E-state index contributed by atoms with van der Waals surface area (Å²) in [6.07, 6.45) is 1.39. The lowest BCUT2D eigenvalue weighted by Gasteiger charge is -2.10. The topological polar surface area (TPSA) is 78.2 Å². The monoisotopic (exact) mass is 295 g/mol. The number of aryl methyl sites for hydroxylation is 2. The van der Waals surface area contributed by atoms with Gasteiger partial charge in [0.2, 0.25) is 11.6 Å². The van der Waals surface area contributed by atoms with Gasteiger partial charge in [0.25, 0.3) is 0 Å². The highest BCUT2D eigenvalue weighted by Crippen LogP contribution is 2.35. The minimum Gasteiger partial charge on any atom is -0.431 e. The van der Waals surface area contributed by atoms with Crippen LogP contribution in [0.3, 0.4) is 0 Å². The molecule has 2 aromatic carbocycles. The molecule has 3 aromatic rings. The highest BCUT2D eigenvalue weighted by Gasteiger charge is 2.20. The Morgan fingerprint density at radius 1 is 1.05 bits per heavy atom. The summed E-state index contributed by atoms with van der Waals surface area (Å²) in [5.74, 6) is 0.491. The van der Waals surface area contributed by atoms with Crippen molar-refractivity contribution < 1.29 is 9.66 Å². The number of benzene rings is 2. The second kappa shape index (κ2) is 5.40.